The summed E-state index contributed by atoms with van der Waals surface area (Å²) in [4.78, 5) is 12.8. The predicted octanol–water partition coefficient (Wildman–Crippen LogP) is -0.558. The molecule has 0 saturated carbocycles. The molecule has 2 saturated heterocycles. The summed E-state index contributed by atoms with van der Waals surface area (Å²) in [5.41, 5.74) is 3.34. The minimum Gasteiger partial charge on any atom is -0.479 e. The van der Waals surface area contributed by atoms with Crippen LogP contribution in [-0.4, -0.2) is 47.3 Å². The van der Waals surface area contributed by atoms with Crippen LogP contribution in [-0.2, 0) is 4.79 Å². The fourth-order valence-corrected chi connectivity index (χ4v) is 2.39. The molecule has 0 aromatic carbocycles. The van der Waals surface area contributed by atoms with Crippen LogP contribution in [0.1, 0.15) is 6.42 Å². The van der Waals surface area contributed by atoms with E-state index in [-0.39, 0.29) is 0 Å². The van der Waals surface area contributed by atoms with E-state index < -0.39 is 23.6 Å². The normalized spacial score (nSPS) is 49.2. The number of carbonyl (C=O) groups is 1. The third kappa shape index (κ3) is 1.07. The highest BCUT2D eigenvalue weighted by Gasteiger charge is 2.57. The molecule has 0 amide bonds. The zero-order valence-corrected chi connectivity index (χ0v) is 7.24. The van der Waals surface area contributed by atoms with Gasteiger partial charge in [-0.25, -0.2) is 9.18 Å². The molecule has 4 unspecified atom stereocenters. The second kappa shape index (κ2) is 2.65. The van der Waals surface area contributed by atoms with Crippen molar-refractivity contribution >= 4 is 5.97 Å². The molecule has 74 valence electrons. The van der Waals surface area contributed by atoms with Gasteiger partial charge in [-0.1, -0.05) is 0 Å². The maximum absolute atomic E-state index is 14.0. The smallest absolute Gasteiger partial charge is 0.343 e. The van der Waals surface area contributed by atoms with E-state index in [4.69, 9.17) is 10.8 Å². The monoisotopic (exact) mass is 188 g/mol. The molecule has 2 bridgehead atoms. The van der Waals surface area contributed by atoms with Crippen molar-refractivity contribution in [1.82, 2.24) is 4.90 Å². The van der Waals surface area contributed by atoms with Crippen molar-refractivity contribution in [2.75, 3.05) is 19.6 Å². The van der Waals surface area contributed by atoms with Gasteiger partial charge < -0.3 is 15.7 Å². The molecule has 3 N–H and O–H groups in total. The van der Waals surface area contributed by atoms with Gasteiger partial charge in [-0.15, -0.1) is 0 Å². The molecule has 2 aliphatic heterocycles. The topological polar surface area (TPSA) is 66.6 Å². The van der Waals surface area contributed by atoms with Gasteiger partial charge in [-0.2, -0.15) is 0 Å². The van der Waals surface area contributed by atoms with Crippen LogP contribution < -0.4 is 5.73 Å². The quantitative estimate of drug-likeness (QED) is 0.579. The Morgan fingerprint density at radius 2 is 2.31 bits per heavy atom. The summed E-state index contributed by atoms with van der Waals surface area (Å²) in [6.07, 6.45) is 0.608. The highest BCUT2D eigenvalue weighted by molar-refractivity contribution is 5.79. The maximum atomic E-state index is 14.0. The van der Waals surface area contributed by atoms with Gasteiger partial charge in [-0.05, 0) is 13.0 Å². The molecule has 5 heteroatoms. The van der Waals surface area contributed by atoms with Crippen molar-refractivity contribution in [3.63, 3.8) is 0 Å². The van der Waals surface area contributed by atoms with Crippen LogP contribution in [0.15, 0.2) is 0 Å². The number of rotatable bonds is 1. The third-order valence-corrected chi connectivity index (χ3v) is 3.19. The van der Waals surface area contributed by atoms with Gasteiger partial charge in [0.05, 0.1) is 6.04 Å². The average molecular weight is 188 g/mol. The van der Waals surface area contributed by atoms with Gasteiger partial charge in [0.1, 0.15) is 0 Å². The molecule has 0 aromatic heterocycles. The number of halogens is 1. The van der Waals surface area contributed by atoms with Crippen molar-refractivity contribution in [1.29, 1.82) is 0 Å². The fraction of sp³-hybridized carbons (Fsp3) is 0.875. The number of nitrogens with two attached hydrogens (primary N) is 1. The summed E-state index contributed by atoms with van der Waals surface area (Å²) in [7, 11) is 0. The lowest BCUT2D eigenvalue weighted by atomic mass is 9.81. The summed E-state index contributed by atoms with van der Waals surface area (Å²) in [5.74, 6) is -1.82. The van der Waals surface area contributed by atoms with Crippen LogP contribution in [0.5, 0.6) is 0 Å². The zero-order chi connectivity index (χ0) is 9.64. The third-order valence-electron chi connectivity index (χ3n) is 3.19. The summed E-state index contributed by atoms with van der Waals surface area (Å²) >= 11 is 0. The Kier molecular flexibility index (Phi) is 1.82. The number of alkyl halides is 1. The molecule has 0 spiro atoms. The molecule has 0 aliphatic carbocycles. The predicted molar refractivity (Wildman–Crippen MR) is 44.0 cm³/mol. The van der Waals surface area contributed by atoms with Crippen LogP contribution >= 0.6 is 0 Å². The SMILES string of the molecule is NC1CN2CCC(C2)C1(F)C(=O)O. The Bertz CT molecular complexity index is 248. The minimum atomic E-state index is -2.20. The first-order valence-electron chi connectivity index (χ1n) is 4.45. The molecule has 4 atom stereocenters. The zero-order valence-electron chi connectivity index (χ0n) is 7.24. The van der Waals surface area contributed by atoms with Crippen molar-refractivity contribution in [2.45, 2.75) is 18.1 Å². The molecule has 2 aliphatic rings. The molecular weight excluding hydrogens is 175 g/mol. The second-order valence-corrected chi connectivity index (χ2v) is 3.92. The Balaban J connectivity index is 2.29. The summed E-state index contributed by atoms with van der Waals surface area (Å²) < 4.78 is 14.0. The summed E-state index contributed by atoms with van der Waals surface area (Å²) in [6.45, 7) is 1.67. The van der Waals surface area contributed by atoms with Crippen LogP contribution in [0.4, 0.5) is 4.39 Å². The Morgan fingerprint density at radius 1 is 1.62 bits per heavy atom. The van der Waals surface area contributed by atoms with E-state index in [1.807, 2.05) is 4.90 Å². The van der Waals surface area contributed by atoms with Gasteiger partial charge in [0.25, 0.3) is 0 Å². The molecule has 2 rings (SSSR count). The molecule has 4 nitrogen and oxygen atoms in total. The second-order valence-electron chi connectivity index (χ2n) is 3.92. The van der Waals surface area contributed by atoms with E-state index in [0.29, 0.717) is 19.5 Å². The number of carboxylic acid groups (broad SMARTS) is 1. The van der Waals surface area contributed by atoms with Crippen molar-refractivity contribution in [3.8, 4) is 0 Å². The van der Waals surface area contributed by atoms with Gasteiger partial charge >= 0.3 is 5.97 Å². The van der Waals surface area contributed by atoms with Crippen LogP contribution in [0, 0.1) is 5.92 Å². The van der Waals surface area contributed by atoms with E-state index in [9.17, 15) is 9.18 Å². The van der Waals surface area contributed by atoms with E-state index >= 15 is 0 Å². The number of fused-ring (bicyclic) bond motifs is 2. The number of carboxylic acids is 1. The molecule has 13 heavy (non-hydrogen) atoms. The highest BCUT2D eigenvalue weighted by atomic mass is 19.1. The van der Waals surface area contributed by atoms with E-state index in [1.54, 1.807) is 0 Å². The fourth-order valence-electron chi connectivity index (χ4n) is 2.39. The average Bonchev–Trinajstić information content (AvgIpc) is 2.46. The lowest BCUT2D eigenvalue weighted by Crippen LogP contribution is -2.62. The van der Waals surface area contributed by atoms with E-state index in [0.717, 1.165) is 6.54 Å². The molecule has 2 heterocycles. The van der Waals surface area contributed by atoms with Gasteiger partial charge in [-0.3, -0.25) is 0 Å². The number of hydrogen-bond acceptors (Lipinski definition) is 3. The van der Waals surface area contributed by atoms with Crippen molar-refractivity contribution < 1.29 is 14.3 Å². The molecule has 2 fully saturated rings. The van der Waals surface area contributed by atoms with Crippen LogP contribution in [0.2, 0.25) is 0 Å². The molecular formula is C8H13FN2O2. The first-order chi connectivity index (χ1) is 6.05. The van der Waals surface area contributed by atoms with Gasteiger partial charge in [0, 0.05) is 19.0 Å². The Labute approximate surface area is 75.5 Å². The lowest BCUT2D eigenvalue weighted by Gasteiger charge is -2.38. The first-order valence-corrected chi connectivity index (χ1v) is 4.45. The van der Waals surface area contributed by atoms with Gasteiger partial charge in [0.2, 0.25) is 5.67 Å². The van der Waals surface area contributed by atoms with Crippen LogP contribution in [0.3, 0.4) is 0 Å². The Morgan fingerprint density at radius 3 is 2.92 bits per heavy atom. The van der Waals surface area contributed by atoms with E-state index in [1.165, 1.54) is 0 Å². The highest BCUT2D eigenvalue weighted by Crippen LogP contribution is 2.38. The van der Waals surface area contributed by atoms with Crippen molar-refractivity contribution in [3.05, 3.63) is 0 Å². The number of aliphatic carboxylic acids is 1. The first kappa shape index (κ1) is 8.90. The lowest BCUT2D eigenvalue weighted by molar-refractivity contribution is -0.159. The number of nitrogens with zero attached hydrogens (tertiary/aromatic N) is 1. The summed E-state index contributed by atoms with van der Waals surface area (Å²) in [5, 5.41) is 8.81. The van der Waals surface area contributed by atoms with Gasteiger partial charge in [0.15, 0.2) is 0 Å². The summed E-state index contributed by atoms with van der Waals surface area (Å²) in [6, 6.07) is -0.883. The van der Waals surface area contributed by atoms with Crippen molar-refractivity contribution in [2.24, 2.45) is 11.7 Å². The number of piperidine rings is 1. The molecule has 0 radical (unpaired) electrons. The minimum absolute atomic E-state index is 0.360. The standard InChI is InChI=1S/C8H13FN2O2/c9-8(7(12)13)5-1-2-11(3-5)4-6(8)10/h5-6H,1-4,10H2,(H,12,13). The maximum Gasteiger partial charge on any atom is 0.343 e. The number of hydrogen-bond donors (Lipinski definition) is 2. The van der Waals surface area contributed by atoms with E-state index in [2.05, 4.69) is 0 Å². The molecule has 0 aromatic rings. The van der Waals surface area contributed by atoms with Crippen LogP contribution in [0.25, 0.3) is 0 Å². The Hall–Kier alpha value is -0.680. The largest absolute Gasteiger partial charge is 0.479 e.